The van der Waals surface area contributed by atoms with Gasteiger partial charge in [-0.05, 0) is 6.42 Å². The number of carbonyl (C=O) groups excluding carboxylic acids is 1. The van der Waals surface area contributed by atoms with Crippen molar-refractivity contribution >= 4 is 11.9 Å². The molecule has 0 heterocycles. The van der Waals surface area contributed by atoms with Gasteiger partial charge in [0.1, 0.15) is 6.54 Å². The van der Waals surface area contributed by atoms with Crippen molar-refractivity contribution in [3.05, 3.63) is 12.7 Å². The van der Waals surface area contributed by atoms with Crippen molar-refractivity contribution in [3.63, 3.8) is 0 Å². The number of amides is 1. The van der Waals surface area contributed by atoms with Crippen LogP contribution in [0.3, 0.4) is 0 Å². The smallest absolute Gasteiger partial charge is 0.323 e. The molecule has 0 fully saturated rings. The van der Waals surface area contributed by atoms with Crippen LogP contribution in [0.25, 0.3) is 0 Å². The van der Waals surface area contributed by atoms with Crippen molar-refractivity contribution < 1.29 is 14.7 Å². The molecule has 14 heavy (non-hydrogen) atoms. The van der Waals surface area contributed by atoms with Crippen molar-refractivity contribution in [1.82, 2.24) is 4.90 Å². The standard InChI is InChI=1S/C9H16N2O3/c1-3-5-11(6-8(12)13)9(14)7(10)4-2/h3,7H,1,4-6,10H2,2H3,(H,12,13)/t7-/m1/s1. The van der Waals surface area contributed by atoms with Gasteiger partial charge in [-0.1, -0.05) is 13.0 Å². The van der Waals surface area contributed by atoms with Gasteiger partial charge < -0.3 is 15.7 Å². The molecule has 0 saturated carbocycles. The molecule has 0 unspecified atom stereocenters. The van der Waals surface area contributed by atoms with Gasteiger partial charge in [0.2, 0.25) is 5.91 Å². The summed E-state index contributed by atoms with van der Waals surface area (Å²) >= 11 is 0. The topological polar surface area (TPSA) is 83.6 Å². The summed E-state index contributed by atoms with van der Waals surface area (Å²) < 4.78 is 0. The van der Waals surface area contributed by atoms with Gasteiger partial charge in [0.25, 0.3) is 0 Å². The second-order valence-electron chi connectivity index (χ2n) is 2.92. The molecular weight excluding hydrogens is 184 g/mol. The number of carboxylic acid groups (broad SMARTS) is 1. The van der Waals surface area contributed by atoms with Crippen molar-refractivity contribution in [2.45, 2.75) is 19.4 Å². The Morgan fingerprint density at radius 1 is 1.64 bits per heavy atom. The zero-order valence-corrected chi connectivity index (χ0v) is 8.27. The fourth-order valence-electron chi connectivity index (χ4n) is 0.961. The Morgan fingerprint density at radius 2 is 2.21 bits per heavy atom. The summed E-state index contributed by atoms with van der Waals surface area (Å²) in [5.74, 6) is -1.40. The monoisotopic (exact) mass is 200 g/mol. The molecule has 0 saturated heterocycles. The second-order valence-corrected chi connectivity index (χ2v) is 2.92. The molecule has 1 atom stereocenters. The Bertz CT molecular complexity index is 228. The van der Waals surface area contributed by atoms with E-state index in [0.717, 1.165) is 0 Å². The van der Waals surface area contributed by atoms with Gasteiger partial charge in [-0.25, -0.2) is 0 Å². The van der Waals surface area contributed by atoms with Crippen LogP contribution in [0.4, 0.5) is 0 Å². The highest BCUT2D eigenvalue weighted by Crippen LogP contribution is 1.97. The minimum absolute atomic E-state index is 0.207. The number of aliphatic carboxylic acids is 1. The Kier molecular flexibility index (Phi) is 5.55. The Hall–Kier alpha value is -1.36. The van der Waals surface area contributed by atoms with E-state index in [4.69, 9.17) is 10.8 Å². The third-order valence-electron chi connectivity index (χ3n) is 1.74. The van der Waals surface area contributed by atoms with E-state index in [9.17, 15) is 9.59 Å². The predicted molar refractivity (Wildman–Crippen MR) is 52.7 cm³/mol. The van der Waals surface area contributed by atoms with Crippen LogP contribution in [0.2, 0.25) is 0 Å². The first-order valence-corrected chi connectivity index (χ1v) is 4.40. The number of carboxylic acids is 1. The third-order valence-corrected chi connectivity index (χ3v) is 1.74. The summed E-state index contributed by atoms with van der Waals surface area (Å²) in [6, 6.07) is -0.630. The summed E-state index contributed by atoms with van der Waals surface area (Å²) in [5, 5.41) is 8.54. The molecule has 0 bridgehead atoms. The fraction of sp³-hybridized carbons (Fsp3) is 0.556. The van der Waals surface area contributed by atoms with Gasteiger partial charge in [0, 0.05) is 6.54 Å². The number of hydrogen-bond donors (Lipinski definition) is 2. The first-order chi connectivity index (χ1) is 6.52. The molecular formula is C9H16N2O3. The summed E-state index contributed by atoms with van der Waals surface area (Å²) in [6.45, 7) is 5.09. The number of nitrogens with zero attached hydrogens (tertiary/aromatic N) is 1. The Labute approximate surface area is 83.2 Å². The van der Waals surface area contributed by atoms with Crippen LogP contribution in [0.5, 0.6) is 0 Å². The van der Waals surface area contributed by atoms with Crippen molar-refractivity contribution in [2.75, 3.05) is 13.1 Å². The maximum Gasteiger partial charge on any atom is 0.323 e. The molecule has 0 spiro atoms. The van der Waals surface area contributed by atoms with Gasteiger partial charge in [-0.15, -0.1) is 6.58 Å². The summed E-state index contributed by atoms with van der Waals surface area (Å²) in [4.78, 5) is 23.1. The van der Waals surface area contributed by atoms with E-state index in [0.29, 0.717) is 6.42 Å². The first kappa shape index (κ1) is 12.6. The Morgan fingerprint density at radius 3 is 2.57 bits per heavy atom. The van der Waals surface area contributed by atoms with E-state index in [-0.39, 0.29) is 19.0 Å². The SMILES string of the molecule is C=CCN(CC(=O)O)C(=O)[C@H](N)CC. The van der Waals surface area contributed by atoms with Crippen LogP contribution in [-0.2, 0) is 9.59 Å². The van der Waals surface area contributed by atoms with Crippen LogP contribution in [0.15, 0.2) is 12.7 Å². The highest BCUT2D eigenvalue weighted by molar-refractivity contribution is 5.85. The average Bonchev–Trinajstić information content (AvgIpc) is 2.14. The van der Waals surface area contributed by atoms with E-state index in [1.54, 1.807) is 6.92 Å². The minimum atomic E-state index is -1.05. The van der Waals surface area contributed by atoms with E-state index in [1.807, 2.05) is 0 Å². The van der Waals surface area contributed by atoms with E-state index in [2.05, 4.69) is 6.58 Å². The lowest BCUT2D eigenvalue weighted by atomic mass is 10.2. The molecule has 0 aliphatic heterocycles. The molecule has 0 radical (unpaired) electrons. The van der Waals surface area contributed by atoms with Crippen LogP contribution >= 0.6 is 0 Å². The third kappa shape index (κ3) is 4.04. The van der Waals surface area contributed by atoms with Crippen molar-refractivity contribution in [3.8, 4) is 0 Å². The van der Waals surface area contributed by atoms with E-state index in [1.165, 1.54) is 11.0 Å². The maximum atomic E-state index is 11.5. The number of carbonyl (C=O) groups is 2. The first-order valence-electron chi connectivity index (χ1n) is 4.40. The minimum Gasteiger partial charge on any atom is -0.480 e. The number of rotatable bonds is 6. The van der Waals surface area contributed by atoms with E-state index < -0.39 is 12.0 Å². The van der Waals surface area contributed by atoms with Crippen LogP contribution in [-0.4, -0.2) is 41.0 Å². The zero-order valence-electron chi connectivity index (χ0n) is 8.27. The van der Waals surface area contributed by atoms with Gasteiger partial charge in [-0.2, -0.15) is 0 Å². The van der Waals surface area contributed by atoms with Crippen LogP contribution in [0.1, 0.15) is 13.3 Å². The molecule has 5 nitrogen and oxygen atoms in total. The fourth-order valence-corrected chi connectivity index (χ4v) is 0.961. The van der Waals surface area contributed by atoms with Crippen molar-refractivity contribution in [2.24, 2.45) is 5.73 Å². The largest absolute Gasteiger partial charge is 0.480 e. The highest BCUT2D eigenvalue weighted by Gasteiger charge is 2.20. The molecule has 0 aromatic carbocycles. The molecule has 0 aliphatic rings. The molecule has 5 heteroatoms. The van der Waals surface area contributed by atoms with Gasteiger partial charge in [0.05, 0.1) is 6.04 Å². The summed E-state index contributed by atoms with van der Waals surface area (Å²) in [5.41, 5.74) is 5.50. The maximum absolute atomic E-state index is 11.5. The molecule has 0 aromatic heterocycles. The molecule has 0 aliphatic carbocycles. The highest BCUT2D eigenvalue weighted by atomic mass is 16.4. The lowest BCUT2D eigenvalue weighted by Gasteiger charge is -2.21. The lowest BCUT2D eigenvalue weighted by molar-refractivity contribution is -0.144. The number of hydrogen-bond acceptors (Lipinski definition) is 3. The quantitative estimate of drug-likeness (QED) is 0.583. The molecule has 80 valence electrons. The molecule has 3 N–H and O–H groups in total. The Balaban J connectivity index is 4.39. The molecule has 0 aromatic rings. The normalized spacial score (nSPS) is 11.9. The van der Waals surface area contributed by atoms with Crippen LogP contribution in [0, 0.1) is 0 Å². The second kappa shape index (κ2) is 6.15. The van der Waals surface area contributed by atoms with Crippen molar-refractivity contribution in [1.29, 1.82) is 0 Å². The summed E-state index contributed by atoms with van der Waals surface area (Å²) in [7, 11) is 0. The van der Waals surface area contributed by atoms with Gasteiger partial charge in [-0.3, -0.25) is 9.59 Å². The zero-order chi connectivity index (χ0) is 11.1. The predicted octanol–water partition coefficient (Wildman–Crippen LogP) is -0.177. The summed E-state index contributed by atoms with van der Waals surface area (Å²) in [6.07, 6.45) is 1.97. The van der Waals surface area contributed by atoms with Gasteiger partial charge >= 0.3 is 5.97 Å². The lowest BCUT2D eigenvalue weighted by Crippen LogP contribution is -2.45. The van der Waals surface area contributed by atoms with E-state index >= 15 is 0 Å². The number of nitrogens with two attached hydrogens (primary N) is 1. The van der Waals surface area contributed by atoms with Gasteiger partial charge in [0.15, 0.2) is 0 Å². The average molecular weight is 200 g/mol. The molecule has 1 amide bonds. The molecule has 0 rings (SSSR count). The van der Waals surface area contributed by atoms with Crippen LogP contribution < -0.4 is 5.73 Å².